The van der Waals surface area contributed by atoms with E-state index in [1.165, 1.54) is 0 Å². The van der Waals surface area contributed by atoms with Gasteiger partial charge >= 0.3 is 0 Å². The molecule has 0 bridgehead atoms. The third-order valence-corrected chi connectivity index (χ3v) is 3.52. The Balaban J connectivity index is 1.59. The fourth-order valence-corrected chi connectivity index (χ4v) is 2.34. The number of nitrogens with zero attached hydrogens (tertiary/aromatic N) is 3. The molecule has 5 heteroatoms. The maximum absolute atomic E-state index is 12.3. The average molecular weight is 293 g/mol. The van der Waals surface area contributed by atoms with E-state index in [0.29, 0.717) is 30.1 Å². The van der Waals surface area contributed by atoms with E-state index in [9.17, 15) is 4.79 Å². The van der Waals surface area contributed by atoms with Gasteiger partial charge in [-0.1, -0.05) is 12.1 Å². The van der Waals surface area contributed by atoms with Crippen molar-refractivity contribution in [3.63, 3.8) is 0 Å². The van der Waals surface area contributed by atoms with Crippen LogP contribution in [0.1, 0.15) is 21.6 Å². The van der Waals surface area contributed by atoms with Crippen molar-refractivity contribution in [2.24, 2.45) is 0 Å². The summed E-state index contributed by atoms with van der Waals surface area (Å²) in [6.45, 7) is 2.97. The second kappa shape index (κ2) is 5.86. The molecule has 110 valence electrons. The second-order valence-electron chi connectivity index (χ2n) is 5.26. The van der Waals surface area contributed by atoms with Crippen molar-refractivity contribution in [2.45, 2.75) is 13.0 Å². The Hall–Kier alpha value is -2.87. The van der Waals surface area contributed by atoms with Gasteiger partial charge in [0.1, 0.15) is 6.10 Å². The molecule has 0 radical (unpaired) electrons. The van der Waals surface area contributed by atoms with Gasteiger partial charge in [-0.3, -0.25) is 4.79 Å². The summed E-state index contributed by atoms with van der Waals surface area (Å²) in [5.41, 5.74) is 1.92. The summed E-state index contributed by atoms with van der Waals surface area (Å²) in [4.78, 5) is 18.3. The lowest BCUT2D eigenvalue weighted by Gasteiger charge is -2.38. The summed E-state index contributed by atoms with van der Waals surface area (Å²) < 4.78 is 5.73. The van der Waals surface area contributed by atoms with E-state index in [1.807, 2.05) is 31.2 Å². The van der Waals surface area contributed by atoms with Crippen LogP contribution in [0.4, 0.5) is 0 Å². The van der Waals surface area contributed by atoms with Crippen LogP contribution < -0.4 is 4.74 Å². The van der Waals surface area contributed by atoms with E-state index < -0.39 is 0 Å². The molecule has 5 nitrogen and oxygen atoms in total. The topological polar surface area (TPSA) is 66.2 Å². The molecule has 3 rings (SSSR count). The molecule has 0 saturated carbocycles. The highest BCUT2D eigenvalue weighted by Crippen LogP contribution is 2.19. The Morgan fingerprint density at radius 1 is 1.32 bits per heavy atom. The monoisotopic (exact) mass is 293 g/mol. The fourth-order valence-electron chi connectivity index (χ4n) is 2.34. The molecule has 1 aliphatic rings. The van der Waals surface area contributed by atoms with Crippen LogP contribution in [-0.4, -0.2) is 35.0 Å². The van der Waals surface area contributed by atoms with E-state index in [1.54, 1.807) is 29.2 Å². The van der Waals surface area contributed by atoms with Crippen LogP contribution in [0.5, 0.6) is 5.88 Å². The van der Waals surface area contributed by atoms with Gasteiger partial charge in [0.2, 0.25) is 5.88 Å². The van der Waals surface area contributed by atoms with Crippen molar-refractivity contribution in [2.75, 3.05) is 13.1 Å². The number of hydrogen-bond acceptors (Lipinski definition) is 4. The van der Waals surface area contributed by atoms with Gasteiger partial charge in [-0.15, -0.1) is 0 Å². The maximum atomic E-state index is 12.3. The van der Waals surface area contributed by atoms with Crippen LogP contribution in [0, 0.1) is 18.3 Å². The molecule has 1 aromatic carbocycles. The lowest BCUT2D eigenvalue weighted by Crippen LogP contribution is -2.56. The summed E-state index contributed by atoms with van der Waals surface area (Å²) in [5.74, 6) is 0.512. The summed E-state index contributed by atoms with van der Waals surface area (Å²) in [7, 11) is 0. The lowest BCUT2D eigenvalue weighted by atomic mass is 10.1. The molecule has 0 unspecified atom stereocenters. The van der Waals surface area contributed by atoms with E-state index in [4.69, 9.17) is 10.00 Å². The van der Waals surface area contributed by atoms with E-state index in [2.05, 4.69) is 4.98 Å². The third-order valence-electron chi connectivity index (χ3n) is 3.52. The Morgan fingerprint density at radius 2 is 2.09 bits per heavy atom. The molecule has 1 saturated heterocycles. The predicted octanol–water partition coefficient (Wildman–Crippen LogP) is 2.17. The van der Waals surface area contributed by atoms with Crippen LogP contribution >= 0.6 is 0 Å². The number of rotatable bonds is 3. The number of nitriles is 1. The number of aromatic nitrogens is 1. The summed E-state index contributed by atoms with van der Waals surface area (Å²) >= 11 is 0. The minimum atomic E-state index is -0.0749. The zero-order valence-electron chi connectivity index (χ0n) is 12.2. The van der Waals surface area contributed by atoms with Crippen LogP contribution in [0.15, 0.2) is 42.5 Å². The van der Waals surface area contributed by atoms with Gasteiger partial charge in [0.05, 0.1) is 24.7 Å². The molecule has 0 spiro atoms. The van der Waals surface area contributed by atoms with Crippen molar-refractivity contribution in [1.82, 2.24) is 9.88 Å². The first kappa shape index (κ1) is 14.1. The van der Waals surface area contributed by atoms with Crippen LogP contribution in [-0.2, 0) is 0 Å². The molecule has 1 aromatic heterocycles. The fraction of sp³-hybridized carbons (Fsp3) is 0.235. The van der Waals surface area contributed by atoms with Crippen molar-refractivity contribution < 1.29 is 9.53 Å². The van der Waals surface area contributed by atoms with Gasteiger partial charge in [0.25, 0.3) is 5.91 Å². The molecule has 1 amide bonds. The normalized spacial score (nSPS) is 14.1. The molecule has 1 aliphatic heterocycles. The standard InChI is InChI=1S/C17H15N3O2/c1-12-4-2-7-16(19-12)22-15-10-20(11-15)17(21)14-6-3-5-13(8-14)9-18/h2-8,15H,10-11H2,1H3. The first-order chi connectivity index (χ1) is 10.7. The molecule has 0 N–H and O–H groups in total. The van der Waals surface area contributed by atoms with Crippen LogP contribution in [0.25, 0.3) is 0 Å². The molecular formula is C17H15N3O2. The van der Waals surface area contributed by atoms with Gasteiger partial charge in [-0.05, 0) is 31.2 Å². The highest BCUT2D eigenvalue weighted by Gasteiger charge is 2.33. The van der Waals surface area contributed by atoms with Gasteiger partial charge in [0.15, 0.2) is 0 Å². The van der Waals surface area contributed by atoms with Crippen molar-refractivity contribution in [1.29, 1.82) is 5.26 Å². The first-order valence-corrected chi connectivity index (χ1v) is 7.05. The van der Waals surface area contributed by atoms with Gasteiger partial charge < -0.3 is 9.64 Å². The highest BCUT2D eigenvalue weighted by molar-refractivity contribution is 5.95. The number of benzene rings is 1. The van der Waals surface area contributed by atoms with Gasteiger partial charge in [-0.2, -0.15) is 5.26 Å². The molecule has 2 heterocycles. The highest BCUT2D eigenvalue weighted by atomic mass is 16.5. The zero-order valence-corrected chi connectivity index (χ0v) is 12.2. The summed E-state index contributed by atoms with van der Waals surface area (Å²) in [5, 5.41) is 8.88. The molecule has 22 heavy (non-hydrogen) atoms. The minimum absolute atomic E-state index is 0.0302. The number of carbonyl (C=O) groups is 1. The Labute approximate surface area is 128 Å². The molecule has 0 aliphatic carbocycles. The van der Waals surface area contributed by atoms with Crippen molar-refractivity contribution in [3.8, 4) is 11.9 Å². The average Bonchev–Trinajstić information content (AvgIpc) is 2.50. The van der Waals surface area contributed by atoms with Gasteiger partial charge in [0, 0.05) is 17.3 Å². The predicted molar refractivity (Wildman–Crippen MR) is 80.5 cm³/mol. The third kappa shape index (κ3) is 2.91. The molecule has 0 atom stereocenters. The molecule has 1 fully saturated rings. The number of hydrogen-bond donors (Lipinski definition) is 0. The quantitative estimate of drug-likeness (QED) is 0.870. The summed E-state index contributed by atoms with van der Waals surface area (Å²) in [6, 6.07) is 14.4. The zero-order chi connectivity index (χ0) is 15.5. The second-order valence-corrected chi connectivity index (χ2v) is 5.26. The number of aryl methyl sites for hydroxylation is 1. The number of ether oxygens (including phenoxy) is 1. The lowest BCUT2D eigenvalue weighted by molar-refractivity contribution is 0.0159. The summed E-state index contributed by atoms with van der Waals surface area (Å²) in [6.07, 6.45) is -0.0302. The Morgan fingerprint density at radius 3 is 2.82 bits per heavy atom. The Bertz CT molecular complexity index is 746. The molecule has 2 aromatic rings. The SMILES string of the molecule is Cc1cccc(OC2CN(C(=O)c3cccc(C#N)c3)C2)n1. The van der Waals surface area contributed by atoms with Crippen molar-refractivity contribution in [3.05, 3.63) is 59.3 Å². The smallest absolute Gasteiger partial charge is 0.254 e. The number of amides is 1. The number of pyridine rings is 1. The maximum Gasteiger partial charge on any atom is 0.254 e. The Kier molecular flexibility index (Phi) is 3.75. The molecular weight excluding hydrogens is 278 g/mol. The van der Waals surface area contributed by atoms with Gasteiger partial charge in [-0.25, -0.2) is 4.98 Å². The van der Waals surface area contributed by atoms with E-state index in [-0.39, 0.29) is 12.0 Å². The first-order valence-electron chi connectivity index (χ1n) is 7.05. The van der Waals surface area contributed by atoms with E-state index >= 15 is 0 Å². The van der Waals surface area contributed by atoms with Crippen molar-refractivity contribution >= 4 is 5.91 Å². The van der Waals surface area contributed by atoms with E-state index in [0.717, 1.165) is 5.69 Å². The number of carbonyl (C=O) groups excluding carboxylic acids is 1. The van der Waals surface area contributed by atoms with Crippen LogP contribution in [0.3, 0.4) is 0 Å². The minimum Gasteiger partial charge on any atom is -0.471 e. The largest absolute Gasteiger partial charge is 0.471 e. The van der Waals surface area contributed by atoms with Crippen LogP contribution in [0.2, 0.25) is 0 Å². The number of likely N-dealkylation sites (tertiary alicyclic amines) is 1.